The van der Waals surface area contributed by atoms with Crippen molar-refractivity contribution in [3.05, 3.63) is 0 Å². The van der Waals surface area contributed by atoms with Gasteiger partial charge in [0.05, 0.1) is 0 Å². The summed E-state index contributed by atoms with van der Waals surface area (Å²) in [5, 5.41) is 0. The molecule has 0 amide bonds. The Balaban J connectivity index is -0.00000000375. The van der Waals surface area contributed by atoms with Crippen molar-refractivity contribution in [3.63, 3.8) is 0 Å². The van der Waals surface area contributed by atoms with Gasteiger partial charge in [-0.15, -0.1) is 0 Å². The molecule has 6 N–H and O–H groups in total. The van der Waals surface area contributed by atoms with Gasteiger partial charge in [0.2, 0.25) is 0 Å². The first-order valence-electron chi connectivity index (χ1n) is 1.50. The van der Waals surface area contributed by atoms with Crippen LogP contribution in [-0.4, -0.2) is 118 Å². The Kier molecular flexibility index (Phi) is 126. The molecule has 0 saturated heterocycles. The van der Waals surface area contributed by atoms with Crippen molar-refractivity contribution in [2.24, 2.45) is 0 Å². The van der Waals surface area contributed by atoms with Crippen LogP contribution in [0.1, 0.15) is 19.3 Å². The zero-order valence-corrected chi connectivity index (χ0v) is 3.54. The summed E-state index contributed by atoms with van der Waals surface area (Å²) in [6, 6.07) is 0. The first-order valence-corrected chi connectivity index (χ1v) is 1.50. The van der Waals surface area contributed by atoms with Gasteiger partial charge in [-0.05, 0) is 0 Å². The molecule has 1 aliphatic rings. The minimum atomic E-state index is 0. The Morgan fingerprint density at radius 2 is 0.556 bits per heavy atom. The molecule has 1 fully saturated rings. The first kappa shape index (κ1) is 38.3. The molecule has 0 aromatic carbocycles. The third-order valence-electron chi connectivity index (χ3n) is 0.354. The zero-order valence-electron chi connectivity index (χ0n) is 3.54. The third-order valence-corrected chi connectivity index (χ3v) is 0.354. The molecular weight excluding hydrogens is 156 g/mol. The van der Waals surface area contributed by atoms with Crippen molar-refractivity contribution in [2.75, 3.05) is 0 Å². The molecule has 0 bridgehead atoms. The third kappa shape index (κ3) is 48.5. The normalized spacial score (nSPS) is 8.00. The quantitative estimate of drug-likeness (QED) is 0.455. The summed E-state index contributed by atoms with van der Waals surface area (Å²) in [5.74, 6) is 0. The molecular formula is C3H16N2Na4. The predicted molar refractivity (Wildman–Crippen MR) is 52.5 cm³/mol. The summed E-state index contributed by atoms with van der Waals surface area (Å²) in [6.07, 6.45) is 4.50. The van der Waals surface area contributed by atoms with Crippen molar-refractivity contribution in [2.45, 2.75) is 19.3 Å². The van der Waals surface area contributed by atoms with E-state index < -0.39 is 0 Å². The van der Waals surface area contributed by atoms with E-state index in [-0.39, 0.29) is 131 Å². The Hall–Kier alpha value is 3.92. The average Bonchev–Trinajstić information content (AvgIpc) is 1.46. The molecule has 1 rings (SSSR count). The fourth-order valence-corrected chi connectivity index (χ4v) is 0. The molecule has 0 spiro atoms. The standard InChI is InChI=1S/C3H6.2H3N.4Na.4H/c1-2-3-1;;;;;;;;;;/h1-3H2;2*1H3;;;;;;;;. The summed E-state index contributed by atoms with van der Waals surface area (Å²) >= 11 is 0. The summed E-state index contributed by atoms with van der Waals surface area (Å²) in [6.45, 7) is 0. The Labute approximate surface area is 146 Å². The van der Waals surface area contributed by atoms with Gasteiger partial charge in [-0.2, -0.15) is 0 Å². The van der Waals surface area contributed by atoms with E-state index in [2.05, 4.69) is 0 Å². The summed E-state index contributed by atoms with van der Waals surface area (Å²) in [4.78, 5) is 0. The van der Waals surface area contributed by atoms with Gasteiger partial charge in [0.15, 0.2) is 0 Å². The number of hydrogen-bond acceptors (Lipinski definition) is 2. The SMILES string of the molecule is C1CC1.N.N.[NaH].[NaH].[NaH].[NaH]. The maximum absolute atomic E-state index is 1.50. The van der Waals surface area contributed by atoms with Crippen LogP contribution in [0.25, 0.3) is 0 Å². The van der Waals surface area contributed by atoms with E-state index in [0.717, 1.165) is 0 Å². The van der Waals surface area contributed by atoms with E-state index in [0.29, 0.717) is 0 Å². The van der Waals surface area contributed by atoms with Gasteiger partial charge in [-0.1, -0.05) is 19.3 Å². The molecule has 6 heteroatoms. The number of rotatable bonds is 0. The van der Waals surface area contributed by atoms with Crippen LogP contribution in [0.3, 0.4) is 0 Å². The summed E-state index contributed by atoms with van der Waals surface area (Å²) in [7, 11) is 0. The van der Waals surface area contributed by atoms with Crippen LogP contribution in [0.15, 0.2) is 0 Å². The zero-order chi connectivity index (χ0) is 2.12. The van der Waals surface area contributed by atoms with Gasteiger partial charge in [0, 0.05) is 0 Å². The Morgan fingerprint density at radius 3 is 0.556 bits per heavy atom. The molecule has 2 nitrogen and oxygen atoms in total. The molecule has 0 radical (unpaired) electrons. The van der Waals surface area contributed by atoms with Crippen LogP contribution in [0.4, 0.5) is 0 Å². The first-order chi connectivity index (χ1) is 1.50. The predicted octanol–water partition coefficient (Wildman–Crippen LogP) is -1.10. The van der Waals surface area contributed by atoms with Crippen LogP contribution >= 0.6 is 0 Å². The monoisotopic (exact) mass is 172 g/mol. The molecule has 0 unspecified atom stereocenters. The van der Waals surface area contributed by atoms with Crippen molar-refractivity contribution >= 4 is 118 Å². The van der Waals surface area contributed by atoms with Crippen LogP contribution in [-0.2, 0) is 0 Å². The fourth-order valence-electron chi connectivity index (χ4n) is 0. The second-order valence-corrected chi connectivity index (χ2v) is 1.06. The van der Waals surface area contributed by atoms with Crippen LogP contribution < -0.4 is 12.3 Å². The molecule has 42 valence electrons. The Morgan fingerprint density at radius 1 is 0.444 bits per heavy atom. The topological polar surface area (TPSA) is 70.0 Å². The molecule has 0 aromatic heterocycles. The van der Waals surface area contributed by atoms with E-state index >= 15 is 0 Å². The molecule has 9 heavy (non-hydrogen) atoms. The summed E-state index contributed by atoms with van der Waals surface area (Å²) in [5.41, 5.74) is 0. The van der Waals surface area contributed by atoms with Crippen LogP contribution in [0, 0.1) is 0 Å². The fraction of sp³-hybridized carbons (Fsp3) is 1.00. The van der Waals surface area contributed by atoms with Crippen LogP contribution in [0.2, 0.25) is 0 Å². The molecule has 0 atom stereocenters. The molecule has 0 aromatic rings. The van der Waals surface area contributed by atoms with E-state index in [1.807, 2.05) is 0 Å². The Bertz CT molecular complexity index is 18.5. The molecule has 0 aliphatic heterocycles. The van der Waals surface area contributed by atoms with Gasteiger partial charge in [0.25, 0.3) is 0 Å². The van der Waals surface area contributed by atoms with Gasteiger partial charge >= 0.3 is 118 Å². The van der Waals surface area contributed by atoms with E-state index in [1.165, 1.54) is 19.3 Å². The van der Waals surface area contributed by atoms with Crippen LogP contribution in [0.5, 0.6) is 0 Å². The number of hydrogen-bond donors (Lipinski definition) is 2. The van der Waals surface area contributed by atoms with Gasteiger partial charge in [-0.3, -0.25) is 0 Å². The maximum atomic E-state index is 1.50. The van der Waals surface area contributed by atoms with Crippen molar-refractivity contribution in [1.82, 2.24) is 12.3 Å². The van der Waals surface area contributed by atoms with Gasteiger partial charge in [0.1, 0.15) is 0 Å². The van der Waals surface area contributed by atoms with Crippen molar-refractivity contribution in [1.29, 1.82) is 0 Å². The van der Waals surface area contributed by atoms with Gasteiger partial charge in [-0.25, -0.2) is 0 Å². The summed E-state index contributed by atoms with van der Waals surface area (Å²) < 4.78 is 0. The molecule has 1 saturated carbocycles. The van der Waals surface area contributed by atoms with Gasteiger partial charge < -0.3 is 12.3 Å². The average molecular weight is 172 g/mol. The van der Waals surface area contributed by atoms with E-state index in [4.69, 9.17) is 0 Å². The second kappa shape index (κ2) is 29.7. The van der Waals surface area contributed by atoms with Crippen molar-refractivity contribution in [3.8, 4) is 0 Å². The second-order valence-electron chi connectivity index (χ2n) is 1.06. The van der Waals surface area contributed by atoms with E-state index in [9.17, 15) is 0 Å². The molecule has 1 aliphatic carbocycles. The minimum absolute atomic E-state index is 0. The van der Waals surface area contributed by atoms with Crippen molar-refractivity contribution < 1.29 is 0 Å². The van der Waals surface area contributed by atoms with E-state index in [1.54, 1.807) is 0 Å². The molecule has 0 heterocycles.